The topological polar surface area (TPSA) is 64.3 Å². The summed E-state index contributed by atoms with van der Waals surface area (Å²) in [5.41, 5.74) is 7.46. The van der Waals surface area contributed by atoms with Crippen LogP contribution in [0.25, 0.3) is 0 Å². The van der Waals surface area contributed by atoms with E-state index in [2.05, 4.69) is 5.32 Å². The molecule has 0 aliphatic heterocycles. The third-order valence-electron chi connectivity index (χ3n) is 2.87. The smallest absolute Gasteiger partial charge is 0.251 e. The van der Waals surface area contributed by atoms with Crippen molar-refractivity contribution in [2.45, 2.75) is 13.5 Å². The van der Waals surface area contributed by atoms with Crippen LogP contribution in [0.4, 0.5) is 10.1 Å². The van der Waals surface area contributed by atoms with E-state index in [1.54, 1.807) is 30.3 Å². The van der Waals surface area contributed by atoms with Crippen molar-refractivity contribution in [1.29, 1.82) is 0 Å². The normalized spacial score (nSPS) is 10.2. The van der Waals surface area contributed by atoms with Gasteiger partial charge in [-0.15, -0.1) is 0 Å². The van der Waals surface area contributed by atoms with Crippen molar-refractivity contribution in [2.24, 2.45) is 0 Å². The van der Waals surface area contributed by atoms with Gasteiger partial charge < -0.3 is 15.8 Å². The number of ether oxygens (including phenoxy) is 1. The molecule has 0 aliphatic rings. The highest BCUT2D eigenvalue weighted by atomic mass is 19.1. The number of amides is 1. The minimum atomic E-state index is -0.303. The predicted molar refractivity (Wildman–Crippen MR) is 79.6 cm³/mol. The maximum Gasteiger partial charge on any atom is 0.251 e. The van der Waals surface area contributed by atoms with E-state index in [-0.39, 0.29) is 11.7 Å². The maximum absolute atomic E-state index is 12.8. The van der Waals surface area contributed by atoms with Crippen LogP contribution in [0.5, 0.6) is 5.75 Å². The Bertz CT molecular complexity index is 627. The fourth-order valence-corrected chi connectivity index (χ4v) is 1.89. The van der Waals surface area contributed by atoms with Crippen molar-refractivity contribution in [1.82, 2.24) is 5.32 Å². The number of hydrogen-bond acceptors (Lipinski definition) is 3. The molecule has 2 aromatic rings. The quantitative estimate of drug-likeness (QED) is 0.831. The van der Waals surface area contributed by atoms with E-state index in [1.807, 2.05) is 6.92 Å². The zero-order valence-corrected chi connectivity index (χ0v) is 11.7. The fraction of sp³-hybridized carbons (Fsp3) is 0.188. The van der Waals surface area contributed by atoms with Gasteiger partial charge in [0.25, 0.3) is 5.91 Å². The lowest BCUT2D eigenvalue weighted by atomic mass is 10.1. The molecule has 3 N–H and O–H groups in total. The van der Waals surface area contributed by atoms with Gasteiger partial charge in [-0.1, -0.05) is 12.1 Å². The Morgan fingerprint density at radius 1 is 1.24 bits per heavy atom. The molecule has 2 rings (SSSR count). The van der Waals surface area contributed by atoms with Crippen LogP contribution in [0.1, 0.15) is 22.8 Å². The first-order valence-corrected chi connectivity index (χ1v) is 6.64. The average Bonchev–Trinajstić information content (AvgIpc) is 2.46. The Morgan fingerprint density at radius 3 is 2.62 bits per heavy atom. The molecule has 0 fully saturated rings. The molecule has 0 radical (unpaired) electrons. The molecule has 5 heteroatoms. The summed E-state index contributed by atoms with van der Waals surface area (Å²) in [6.45, 7) is 2.68. The molecule has 21 heavy (non-hydrogen) atoms. The molecule has 0 heterocycles. The summed E-state index contributed by atoms with van der Waals surface area (Å²) >= 11 is 0. The van der Waals surface area contributed by atoms with Crippen molar-refractivity contribution in [3.63, 3.8) is 0 Å². The average molecular weight is 288 g/mol. The van der Waals surface area contributed by atoms with Gasteiger partial charge in [-0.25, -0.2) is 4.39 Å². The molecular formula is C16H17FN2O2. The third kappa shape index (κ3) is 4.21. The SMILES string of the molecule is CCOc1cc(N)cc(C(=O)NCc2ccc(F)cc2)c1. The minimum absolute atomic E-state index is 0.257. The second-order valence-corrected chi connectivity index (χ2v) is 4.53. The third-order valence-corrected chi connectivity index (χ3v) is 2.87. The number of benzene rings is 2. The van der Waals surface area contributed by atoms with Crippen molar-refractivity contribution >= 4 is 11.6 Å². The number of carbonyl (C=O) groups excluding carboxylic acids is 1. The van der Waals surface area contributed by atoms with Gasteiger partial charge in [-0.2, -0.15) is 0 Å². The van der Waals surface area contributed by atoms with Crippen LogP contribution in [0.2, 0.25) is 0 Å². The largest absolute Gasteiger partial charge is 0.494 e. The molecule has 0 aliphatic carbocycles. The number of carbonyl (C=O) groups is 1. The minimum Gasteiger partial charge on any atom is -0.494 e. The molecule has 0 bridgehead atoms. The van der Waals surface area contributed by atoms with Crippen molar-refractivity contribution in [2.75, 3.05) is 12.3 Å². The van der Waals surface area contributed by atoms with Crippen molar-refractivity contribution in [3.8, 4) is 5.75 Å². The maximum atomic E-state index is 12.8. The van der Waals surface area contributed by atoms with E-state index in [1.165, 1.54) is 12.1 Å². The van der Waals surface area contributed by atoms with Gasteiger partial charge in [0.1, 0.15) is 11.6 Å². The van der Waals surface area contributed by atoms with Gasteiger partial charge in [0, 0.05) is 23.9 Å². The summed E-state index contributed by atoms with van der Waals surface area (Å²) < 4.78 is 18.1. The first kappa shape index (κ1) is 14.8. The molecule has 0 aromatic heterocycles. The predicted octanol–water partition coefficient (Wildman–Crippen LogP) is 2.74. The summed E-state index contributed by atoms with van der Waals surface area (Å²) in [4.78, 5) is 12.1. The molecule has 4 nitrogen and oxygen atoms in total. The van der Waals surface area contributed by atoms with E-state index in [0.29, 0.717) is 30.2 Å². The Kier molecular flexibility index (Phi) is 4.77. The first-order chi connectivity index (χ1) is 10.1. The highest BCUT2D eigenvalue weighted by molar-refractivity contribution is 5.95. The number of rotatable bonds is 5. The molecule has 110 valence electrons. The summed E-state index contributed by atoms with van der Waals surface area (Å²) in [6, 6.07) is 10.9. The zero-order chi connectivity index (χ0) is 15.2. The summed E-state index contributed by atoms with van der Waals surface area (Å²) in [7, 11) is 0. The summed E-state index contributed by atoms with van der Waals surface area (Å²) in [5, 5.41) is 2.76. The van der Waals surface area contributed by atoms with Gasteiger partial charge in [0.2, 0.25) is 0 Å². The van der Waals surface area contributed by atoms with Gasteiger partial charge >= 0.3 is 0 Å². The van der Waals surface area contributed by atoms with E-state index in [4.69, 9.17) is 10.5 Å². The number of halogens is 1. The summed E-state index contributed by atoms with van der Waals surface area (Å²) in [5.74, 6) is -0.000670. The van der Waals surface area contributed by atoms with Gasteiger partial charge in [-0.05, 0) is 36.8 Å². The van der Waals surface area contributed by atoms with Gasteiger partial charge in [0.15, 0.2) is 0 Å². The molecule has 0 unspecified atom stereocenters. The van der Waals surface area contributed by atoms with Crippen LogP contribution in [0, 0.1) is 5.82 Å². The van der Waals surface area contributed by atoms with Gasteiger partial charge in [0.05, 0.1) is 6.61 Å². The second-order valence-electron chi connectivity index (χ2n) is 4.53. The molecular weight excluding hydrogens is 271 g/mol. The number of nitrogens with one attached hydrogen (secondary N) is 1. The second kappa shape index (κ2) is 6.74. The van der Waals surface area contributed by atoms with Crippen LogP contribution >= 0.6 is 0 Å². The highest BCUT2D eigenvalue weighted by Gasteiger charge is 2.08. The Balaban J connectivity index is 2.04. The molecule has 0 saturated carbocycles. The van der Waals surface area contributed by atoms with Gasteiger partial charge in [-0.3, -0.25) is 4.79 Å². The fourth-order valence-electron chi connectivity index (χ4n) is 1.89. The lowest BCUT2D eigenvalue weighted by molar-refractivity contribution is 0.0950. The Labute approximate surface area is 122 Å². The molecule has 0 atom stereocenters. The van der Waals surface area contributed by atoms with Crippen molar-refractivity contribution < 1.29 is 13.9 Å². The monoisotopic (exact) mass is 288 g/mol. The molecule has 0 saturated heterocycles. The number of nitrogens with two attached hydrogens (primary N) is 1. The number of hydrogen-bond donors (Lipinski definition) is 2. The van der Waals surface area contributed by atoms with E-state index in [9.17, 15) is 9.18 Å². The molecule has 0 spiro atoms. The summed E-state index contributed by atoms with van der Waals surface area (Å²) in [6.07, 6.45) is 0. The highest BCUT2D eigenvalue weighted by Crippen LogP contribution is 2.19. The van der Waals surface area contributed by atoms with Crippen LogP contribution < -0.4 is 15.8 Å². The molecule has 1 amide bonds. The lowest BCUT2D eigenvalue weighted by Gasteiger charge is -2.09. The zero-order valence-electron chi connectivity index (χ0n) is 11.7. The van der Waals surface area contributed by atoms with Crippen LogP contribution in [0.3, 0.4) is 0 Å². The van der Waals surface area contributed by atoms with E-state index in [0.717, 1.165) is 5.56 Å². The van der Waals surface area contributed by atoms with E-state index >= 15 is 0 Å². The first-order valence-electron chi connectivity index (χ1n) is 6.64. The molecule has 2 aromatic carbocycles. The van der Waals surface area contributed by atoms with Crippen LogP contribution in [-0.4, -0.2) is 12.5 Å². The standard InChI is InChI=1S/C16H17FN2O2/c1-2-21-15-8-12(7-14(18)9-15)16(20)19-10-11-3-5-13(17)6-4-11/h3-9H,2,10,18H2,1H3,(H,19,20). The Hall–Kier alpha value is -2.56. The van der Waals surface area contributed by atoms with Crippen molar-refractivity contribution in [3.05, 3.63) is 59.4 Å². The number of anilines is 1. The Morgan fingerprint density at radius 2 is 1.95 bits per heavy atom. The van der Waals surface area contributed by atoms with Crippen LogP contribution in [-0.2, 0) is 6.54 Å². The van der Waals surface area contributed by atoms with E-state index < -0.39 is 0 Å². The number of nitrogen functional groups attached to an aromatic ring is 1. The van der Waals surface area contributed by atoms with Crippen LogP contribution in [0.15, 0.2) is 42.5 Å². The lowest BCUT2D eigenvalue weighted by Crippen LogP contribution is -2.23.